The Balaban J connectivity index is 2.62. The average Bonchev–Trinajstić information content (AvgIpc) is 2.46. The predicted octanol–water partition coefficient (Wildman–Crippen LogP) is 2.38. The first kappa shape index (κ1) is 8.72. The Labute approximate surface area is 83.9 Å². The minimum Gasteiger partial charge on any atom is -0.385 e. The average molecular weight is 241 g/mol. The van der Waals surface area contributed by atoms with Crippen LogP contribution in [0.15, 0.2) is 22.7 Å². The number of aliphatic hydroxyl groups excluding tert-OH is 1. The van der Waals surface area contributed by atoms with Crippen molar-refractivity contribution in [2.75, 3.05) is 0 Å². The van der Waals surface area contributed by atoms with Crippen LogP contribution >= 0.6 is 15.9 Å². The number of imidazole rings is 1. The first-order valence-electron chi connectivity index (χ1n) is 4.00. The van der Waals surface area contributed by atoms with E-state index >= 15 is 0 Å². The molecule has 0 amide bonds. The summed E-state index contributed by atoms with van der Waals surface area (Å²) in [5.41, 5.74) is 1.81. The third-order valence-corrected chi connectivity index (χ3v) is 2.35. The molecule has 0 fully saturated rings. The molecular formula is C9H9BrN2O. The molecule has 4 heteroatoms. The van der Waals surface area contributed by atoms with Gasteiger partial charge in [0, 0.05) is 4.47 Å². The molecule has 0 aliphatic heterocycles. The molecule has 0 aliphatic carbocycles. The number of aromatic nitrogens is 2. The Kier molecular flexibility index (Phi) is 2.09. The normalized spacial score (nSPS) is 13.5. The van der Waals surface area contributed by atoms with Gasteiger partial charge in [-0.25, -0.2) is 4.98 Å². The summed E-state index contributed by atoms with van der Waals surface area (Å²) in [6, 6.07) is 5.77. The van der Waals surface area contributed by atoms with Gasteiger partial charge in [-0.1, -0.05) is 15.9 Å². The van der Waals surface area contributed by atoms with E-state index in [2.05, 4.69) is 25.9 Å². The molecular weight excluding hydrogens is 232 g/mol. The van der Waals surface area contributed by atoms with Crippen molar-refractivity contribution in [1.29, 1.82) is 0 Å². The maximum absolute atomic E-state index is 9.29. The molecule has 0 aliphatic rings. The maximum Gasteiger partial charge on any atom is 0.135 e. The van der Waals surface area contributed by atoms with Crippen LogP contribution in [-0.2, 0) is 0 Å². The molecule has 0 radical (unpaired) electrons. The molecule has 0 saturated carbocycles. The van der Waals surface area contributed by atoms with Crippen LogP contribution in [-0.4, -0.2) is 15.1 Å². The minimum atomic E-state index is -0.550. The van der Waals surface area contributed by atoms with Crippen molar-refractivity contribution in [1.82, 2.24) is 9.97 Å². The van der Waals surface area contributed by atoms with E-state index in [0.29, 0.717) is 5.82 Å². The van der Waals surface area contributed by atoms with Crippen molar-refractivity contribution in [3.63, 3.8) is 0 Å². The van der Waals surface area contributed by atoms with E-state index in [9.17, 15) is 5.11 Å². The van der Waals surface area contributed by atoms with E-state index in [1.54, 1.807) is 6.92 Å². The van der Waals surface area contributed by atoms with E-state index in [-0.39, 0.29) is 0 Å². The Morgan fingerprint density at radius 1 is 1.54 bits per heavy atom. The molecule has 13 heavy (non-hydrogen) atoms. The summed E-state index contributed by atoms with van der Waals surface area (Å²) in [6.07, 6.45) is -0.550. The van der Waals surface area contributed by atoms with Crippen molar-refractivity contribution in [2.45, 2.75) is 13.0 Å². The second-order valence-electron chi connectivity index (χ2n) is 2.96. The van der Waals surface area contributed by atoms with Gasteiger partial charge in [-0.15, -0.1) is 0 Å². The van der Waals surface area contributed by atoms with Crippen molar-refractivity contribution in [3.05, 3.63) is 28.5 Å². The summed E-state index contributed by atoms with van der Waals surface area (Å²) in [7, 11) is 0. The number of nitrogens with one attached hydrogen (secondary N) is 1. The highest BCUT2D eigenvalue weighted by atomic mass is 79.9. The van der Waals surface area contributed by atoms with Gasteiger partial charge in [-0.2, -0.15) is 0 Å². The topological polar surface area (TPSA) is 48.9 Å². The number of hydrogen-bond donors (Lipinski definition) is 2. The molecule has 2 N–H and O–H groups in total. The lowest BCUT2D eigenvalue weighted by molar-refractivity contribution is 0.190. The second-order valence-corrected chi connectivity index (χ2v) is 3.88. The zero-order valence-electron chi connectivity index (χ0n) is 7.08. The van der Waals surface area contributed by atoms with Crippen LogP contribution in [0.3, 0.4) is 0 Å². The number of aliphatic hydroxyl groups is 1. The minimum absolute atomic E-state index is 0.550. The monoisotopic (exact) mass is 240 g/mol. The molecule has 0 spiro atoms. The quantitative estimate of drug-likeness (QED) is 0.805. The number of aromatic amines is 1. The van der Waals surface area contributed by atoms with Gasteiger partial charge < -0.3 is 10.1 Å². The summed E-state index contributed by atoms with van der Waals surface area (Å²) in [6.45, 7) is 1.69. The van der Waals surface area contributed by atoms with Crippen LogP contribution in [0.4, 0.5) is 0 Å². The first-order valence-corrected chi connectivity index (χ1v) is 4.79. The lowest BCUT2D eigenvalue weighted by atomic mass is 10.3. The van der Waals surface area contributed by atoms with Crippen molar-refractivity contribution in [3.8, 4) is 0 Å². The van der Waals surface area contributed by atoms with Gasteiger partial charge in [0.2, 0.25) is 0 Å². The third-order valence-electron chi connectivity index (χ3n) is 1.86. The van der Waals surface area contributed by atoms with Crippen LogP contribution in [0.5, 0.6) is 0 Å². The molecule has 1 heterocycles. The van der Waals surface area contributed by atoms with Crippen LogP contribution in [0, 0.1) is 0 Å². The fourth-order valence-corrected chi connectivity index (χ4v) is 1.56. The zero-order valence-corrected chi connectivity index (χ0v) is 8.67. The zero-order chi connectivity index (χ0) is 9.42. The van der Waals surface area contributed by atoms with Gasteiger partial charge in [-0.3, -0.25) is 0 Å². The lowest BCUT2D eigenvalue weighted by Crippen LogP contribution is -1.92. The smallest absolute Gasteiger partial charge is 0.135 e. The molecule has 0 bridgehead atoms. The lowest BCUT2D eigenvalue weighted by Gasteiger charge is -1.95. The number of halogens is 1. The van der Waals surface area contributed by atoms with Crippen molar-refractivity contribution in [2.24, 2.45) is 0 Å². The highest BCUT2D eigenvalue weighted by Gasteiger charge is 2.06. The highest BCUT2D eigenvalue weighted by molar-refractivity contribution is 9.10. The second kappa shape index (κ2) is 3.12. The van der Waals surface area contributed by atoms with E-state index in [1.807, 2.05) is 18.2 Å². The Morgan fingerprint density at radius 3 is 3.00 bits per heavy atom. The highest BCUT2D eigenvalue weighted by Crippen LogP contribution is 2.19. The molecule has 3 nitrogen and oxygen atoms in total. The molecule has 1 aromatic heterocycles. The van der Waals surface area contributed by atoms with E-state index in [0.717, 1.165) is 15.5 Å². The Bertz CT molecular complexity index is 436. The van der Waals surface area contributed by atoms with Gasteiger partial charge in [0.15, 0.2) is 0 Å². The summed E-state index contributed by atoms with van der Waals surface area (Å²) in [5.74, 6) is 0.605. The molecule has 68 valence electrons. The Morgan fingerprint density at radius 2 is 2.31 bits per heavy atom. The maximum atomic E-state index is 9.29. The van der Waals surface area contributed by atoms with Gasteiger partial charge in [0.1, 0.15) is 11.9 Å². The number of nitrogens with zero attached hydrogens (tertiary/aromatic N) is 1. The fourth-order valence-electron chi connectivity index (χ4n) is 1.20. The summed E-state index contributed by atoms with van der Waals surface area (Å²) < 4.78 is 1.00. The number of H-pyrrole nitrogens is 1. The largest absolute Gasteiger partial charge is 0.385 e. The van der Waals surface area contributed by atoms with Crippen molar-refractivity contribution >= 4 is 27.0 Å². The van der Waals surface area contributed by atoms with Crippen LogP contribution in [0.2, 0.25) is 0 Å². The summed E-state index contributed by atoms with van der Waals surface area (Å²) >= 11 is 3.37. The SMILES string of the molecule is CC(O)c1nc2ccc(Br)cc2[nH]1. The number of hydrogen-bond acceptors (Lipinski definition) is 2. The summed E-state index contributed by atoms with van der Waals surface area (Å²) in [4.78, 5) is 7.27. The van der Waals surface area contributed by atoms with Crippen LogP contribution < -0.4 is 0 Å². The Hall–Kier alpha value is -0.870. The summed E-state index contributed by atoms with van der Waals surface area (Å²) in [5, 5.41) is 9.29. The third kappa shape index (κ3) is 1.59. The number of rotatable bonds is 1. The number of benzene rings is 1. The van der Waals surface area contributed by atoms with E-state index < -0.39 is 6.10 Å². The molecule has 1 unspecified atom stereocenters. The molecule has 1 atom stereocenters. The predicted molar refractivity (Wildman–Crippen MR) is 54.4 cm³/mol. The molecule has 2 rings (SSSR count). The molecule has 1 aromatic carbocycles. The van der Waals surface area contributed by atoms with Gasteiger partial charge in [0.05, 0.1) is 11.0 Å². The van der Waals surface area contributed by atoms with Crippen LogP contribution in [0.25, 0.3) is 11.0 Å². The molecule has 2 aromatic rings. The van der Waals surface area contributed by atoms with Crippen molar-refractivity contribution < 1.29 is 5.11 Å². The van der Waals surface area contributed by atoms with E-state index in [1.165, 1.54) is 0 Å². The standard InChI is InChI=1S/C9H9BrN2O/c1-5(13)9-11-7-3-2-6(10)4-8(7)12-9/h2-5,13H,1H3,(H,11,12). The fraction of sp³-hybridized carbons (Fsp3) is 0.222. The van der Waals surface area contributed by atoms with Crippen LogP contribution in [0.1, 0.15) is 18.9 Å². The number of fused-ring (bicyclic) bond motifs is 1. The van der Waals surface area contributed by atoms with Gasteiger partial charge in [-0.05, 0) is 25.1 Å². The molecule has 0 saturated heterocycles. The van der Waals surface area contributed by atoms with Gasteiger partial charge >= 0.3 is 0 Å². The van der Waals surface area contributed by atoms with E-state index in [4.69, 9.17) is 0 Å². The van der Waals surface area contributed by atoms with Gasteiger partial charge in [0.25, 0.3) is 0 Å². The first-order chi connectivity index (χ1) is 6.16.